The molecule has 160 valence electrons. The van der Waals surface area contributed by atoms with Crippen LogP contribution in [0.3, 0.4) is 0 Å². The normalized spacial score (nSPS) is 17.1. The van der Waals surface area contributed by atoms with Gasteiger partial charge < -0.3 is 15.5 Å². The quantitative estimate of drug-likeness (QED) is 0.550. The van der Waals surface area contributed by atoms with E-state index < -0.39 is 0 Å². The number of nitrogens with zero attached hydrogens (tertiary/aromatic N) is 3. The SMILES string of the molecule is C[C@@H](Nc1ncnc2sc3c(c12)CCN(C(=O)/C=C/CNC1CC1)C3)c1ccccc1. The van der Waals surface area contributed by atoms with Crippen LogP contribution in [0.15, 0.2) is 48.8 Å². The molecule has 0 bridgehead atoms. The largest absolute Gasteiger partial charge is 0.363 e. The summed E-state index contributed by atoms with van der Waals surface area (Å²) < 4.78 is 0. The third-order valence-electron chi connectivity index (χ3n) is 5.96. The molecule has 2 N–H and O–H groups in total. The fourth-order valence-corrected chi connectivity index (χ4v) is 5.25. The molecule has 1 fully saturated rings. The molecule has 1 aromatic carbocycles. The average molecular weight is 434 g/mol. The van der Waals surface area contributed by atoms with Gasteiger partial charge in [0.25, 0.3) is 0 Å². The fraction of sp³-hybridized carbons (Fsp3) is 0.375. The lowest BCUT2D eigenvalue weighted by Crippen LogP contribution is -2.34. The number of carbonyl (C=O) groups excluding carboxylic acids is 1. The van der Waals surface area contributed by atoms with Gasteiger partial charge in [-0.1, -0.05) is 36.4 Å². The number of anilines is 1. The van der Waals surface area contributed by atoms with Crippen LogP contribution in [-0.4, -0.2) is 39.9 Å². The van der Waals surface area contributed by atoms with Gasteiger partial charge >= 0.3 is 0 Å². The summed E-state index contributed by atoms with van der Waals surface area (Å²) in [6.45, 7) is 4.28. The van der Waals surface area contributed by atoms with Gasteiger partial charge in [0.15, 0.2) is 0 Å². The van der Waals surface area contributed by atoms with Crippen molar-refractivity contribution in [3.05, 3.63) is 64.8 Å². The zero-order valence-electron chi connectivity index (χ0n) is 17.7. The van der Waals surface area contributed by atoms with Crippen LogP contribution in [0.1, 0.15) is 41.8 Å². The van der Waals surface area contributed by atoms with Crippen molar-refractivity contribution in [3.63, 3.8) is 0 Å². The van der Waals surface area contributed by atoms with E-state index in [0.717, 1.165) is 35.5 Å². The van der Waals surface area contributed by atoms with Crippen LogP contribution in [0.25, 0.3) is 10.2 Å². The molecule has 3 heterocycles. The molecule has 0 radical (unpaired) electrons. The first-order valence-corrected chi connectivity index (χ1v) is 11.8. The Bertz CT molecular complexity index is 1110. The molecule has 0 spiro atoms. The second kappa shape index (κ2) is 8.77. The highest BCUT2D eigenvalue weighted by Crippen LogP contribution is 2.38. The Morgan fingerprint density at radius 3 is 2.94 bits per heavy atom. The predicted octanol–water partition coefficient (Wildman–Crippen LogP) is 4.06. The highest BCUT2D eigenvalue weighted by molar-refractivity contribution is 7.19. The van der Waals surface area contributed by atoms with Crippen molar-refractivity contribution in [3.8, 4) is 0 Å². The number of hydrogen-bond donors (Lipinski definition) is 2. The minimum absolute atomic E-state index is 0.0860. The Hall–Kier alpha value is -2.77. The van der Waals surface area contributed by atoms with Crippen molar-refractivity contribution in [2.24, 2.45) is 0 Å². The highest BCUT2D eigenvalue weighted by Gasteiger charge is 2.26. The van der Waals surface area contributed by atoms with Gasteiger partial charge in [0, 0.05) is 36.1 Å². The Morgan fingerprint density at radius 2 is 2.13 bits per heavy atom. The monoisotopic (exact) mass is 433 g/mol. The van der Waals surface area contributed by atoms with Gasteiger partial charge in [0.05, 0.1) is 11.9 Å². The van der Waals surface area contributed by atoms with E-state index in [0.29, 0.717) is 12.6 Å². The second-order valence-electron chi connectivity index (χ2n) is 8.28. The molecular weight excluding hydrogens is 406 g/mol. The maximum absolute atomic E-state index is 12.6. The Kier molecular flexibility index (Phi) is 5.70. The first-order valence-electron chi connectivity index (χ1n) is 10.9. The lowest BCUT2D eigenvalue weighted by atomic mass is 10.0. The van der Waals surface area contributed by atoms with E-state index in [1.54, 1.807) is 23.7 Å². The van der Waals surface area contributed by atoms with Crippen molar-refractivity contribution in [2.75, 3.05) is 18.4 Å². The molecule has 31 heavy (non-hydrogen) atoms. The molecule has 0 unspecified atom stereocenters. The number of rotatable bonds is 7. The van der Waals surface area contributed by atoms with Crippen molar-refractivity contribution < 1.29 is 4.79 Å². The maximum Gasteiger partial charge on any atom is 0.246 e. The van der Waals surface area contributed by atoms with Gasteiger partial charge in [-0.05, 0) is 37.3 Å². The van der Waals surface area contributed by atoms with Crippen LogP contribution >= 0.6 is 11.3 Å². The molecule has 1 amide bonds. The van der Waals surface area contributed by atoms with Gasteiger partial charge in [-0.3, -0.25) is 4.79 Å². The topological polar surface area (TPSA) is 70.2 Å². The Labute approximate surface area is 186 Å². The van der Waals surface area contributed by atoms with E-state index in [-0.39, 0.29) is 11.9 Å². The van der Waals surface area contributed by atoms with Crippen molar-refractivity contribution in [2.45, 2.75) is 44.8 Å². The number of amides is 1. The highest BCUT2D eigenvalue weighted by atomic mass is 32.1. The van der Waals surface area contributed by atoms with E-state index in [1.165, 1.54) is 28.8 Å². The van der Waals surface area contributed by atoms with Crippen LogP contribution in [0.4, 0.5) is 5.82 Å². The second-order valence-corrected chi connectivity index (χ2v) is 9.36. The fourth-order valence-electron chi connectivity index (χ4n) is 4.04. The lowest BCUT2D eigenvalue weighted by Gasteiger charge is -2.26. The number of fused-ring (bicyclic) bond motifs is 3. The molecule has 3 aromatic rings. The third-order valence-corrected chi connectivity index (χ3v) is 7.09. The van der Waals surface area contributed by atoms with E-state index >= 15 is 0 Å². The number of nitrogens with one attached hydrogen (secondary N) is 2. The Morgan fingerprint density at radius 1 is 1.29 bits per heavy atom. The maximum atomic E-state index is 12.6. The molecule has 7 heteroatoms. The molecule has 1 saturated carbocycles. The molecule has 2 aliphatic rings. The number of benzene rings is 1. The summed E-state index contributed by atoms with van der Waals surface area (Å²) in [6.07, 6.45) is 8.63. The number of hydrogen-bond acceptors (Lipinski definition) is 6. The summed E-state index contributed by atoms with van der Waals surface area (Å²) in [5.74, 6) is 0.965. The van der Waals surface area contributed by atoms with E-state index in [2.05, 4.69) is 51.8 Å². The summed E-state index contributed by atoms with van der Waals surface area (Å²) in [5.41, 5.74) is 2.50. The molecule has 1 aliphatic heterocycles. The minimum Gasteiger partial charge on any atom is -0.363 e. The molecule has 6 nitrogen and oxygen atoms in total. The van der Waals surface area contributed by atoms with E-state index in [1.807, 2.05) is 17.0 Å². The molecule has 0 saturated heterocycles. The van der Waals surface area contributed by atoms with Gasteiger partial charge in [0.2, 0.25) is 5.91 Å². The summed E-state index contributed by atoms with van der Waals surface area (Å²) in [6, 6.07) is 11.2. The average Bonchev–Trinajstić information content (AvgIpc) is 3.55. The molecule has 1 atom stereocenters. The van der Waals surface area contributed by atoms with Crippen LogP contribution in [-0.2, 0) is 17.8 Å². The van der Waals surface area contributed by atoms with Gasteiger partial charge in [0.1, 0.15) is 17.0 Å². The van der Waals surface area contributed by atoms with E-state index in [4.69, 9.17) is 0 Å². The number of carbonyl (C=O) groups is 1. The summed E-state index contributed by atoms with van der Waals surface area (Å²) in [7, 11) is 0. The van der Waals surface area contributed by atoms with Gasteiger partial charge in [-0.2, -0.15) is 0 Å². The number of thiophene rings is 1. The van der Waals surface area contributed by atoms with Crippen LogP contribution in [0.2, 0.25) is 0 Å². The molecule has 5 rings (SSSR count). The summed E-state index contributed by atoms with van der Waals surface area (Å²) in [4.78, 5) is 25.8. The molecule has 2 aromatic heterocycles. The zero-order chi connectivity index (χ0) is 21.2. The van der Waals surface area contributed by atoms with Crippen molar-refractivity contribution >= 4 is 33.3 Å². The predicted molar refractivity (Wildman–Crippen MR) is 125 cm³/mol. The van der Waals surface area contributed by atoms with Gasteiger partial charge in [-0.15, -0.1) is 11.3 Å². The summed E-state index contributed by atoms with van der Waals surface area (Å²) >= 11 is 1.68. The molecule has 1 aliphatic carbocycles. The van der Waals surface area contributed by atoms with Crippen molar-refractivity contribution in [1.82, 2.24) is 20.2 Å². The van der Waals surface area contributed by atoms with E-state index in [9.17, 15) is 4.79 Å². The van der Waals surface area contributed by atoms with Crippen LogP contribution in [0.5, 0.6) is 0 Å². The number of aromatic nitrogens is 2. The zero-order valence-corrected chi connectivity index (χ0v) is 18.5. The minimum atomic E-state index is 0.0860. The smallest absolute Gasteiger partial charge is 0.246 e. The van der Waals surface area contributed by atoms with Crippen molar-refractivity contribution in [1.29, 1.82) is 0 Å². The Balaban J connectivity index is 1.32. The first-order chi connectivity index (χ1) is 15.2. The van der Waals surface area contributed by atoms with Gasteiger partial charge in [-0.25, -0.2) is 9.97 Å². The first kappa shape index (κ1) is 20.2. The van der Waals surface area contributed by atoms with Crippen LogP contribution < -0.4 is 10.6 Å². The lowest BCUT2D eigenvalue weighted by molar-refractivity contribution is -0.126. The molecular formula is C24H27N5OS. The van der Waals surface area contributed by atoms with Crippen LogP contribution in [0, 0.1) is 0 Å². The standard InChI is InChI=1S/C24H27N5OS/c1-16(17-6-3-2-4-7-17)28-23-22-19-11-13-29(14-20(19)31-24(22)27-15-26-23)21(30)8-5-12-25-18-9-10-18/h2-8,15-16,18,25H,9-14H2,1H3,(H,26,27,28)/b8-5+/t16-/m1/s1. The summed E-state index contributed by atoms with van der Waals surface area (Å²) in [5, 5.41) is 8.09. The third kappa shape index (κ3) is 4.48.